The molecule has 148 valence electrons. The molecule has 6 nitrogen and oxygen atoms in total. The standard InChI is InChI=1S/C19H19Cl2N3O3S/c1-11-18(12(2)24(3)22-11)23-28(26,27)19-16(20)8-15(9-17(19)21)14-6-4-13(10-25)5-7-14/h4-9,25H,10H2,1-3H3,(H-,23,26,27)/p+1. The minimum Gasteiger partial charge on any atom is -0.392 e. The summed E-state index contributed by atoms with van der Waals surface area (Å²) in [5.74, 6) is 0. The lowest BCUT2D eigenvalue weighted by Crippen LogP contribution is -2.22. The van der Waals surface area contributed by atoms with Crippen LogP contribution < -0.4 is 4.72 Å². The Bertz CT molecular complexity index is 1060. The van der Waals surface area contributed by atoms with Gasteiger partial charge in [-0.25, -0.2) is 0 Å². The van der Waals surface area contributed by atoms with Gasteiger partial charge in [0.05, 0.1) is 18.0 Å². The zero-order valence-corrected chi connectivity index (χ0v) is 17.9. The smallest absolute Gasteiger partial charge is 0.349 e. The molecule has 0 radical (unpaired) electrons. The summed E-state index contributed by atoms with van der Waals surface area (Å²) in [4.78, 5) is -0.0748. The molecule has 1 unspecified atom stereocenters. The Morgan fingerprint density at radius 2 is 1.68 bits per heavy atom. The summed E-state index contributed by atoms with van der Waals surface area (Å²) in [6.45, 7) is 3.49. The number of rotatable bonds is 5. The minimum atomic E-state index is -3.77. The summed E-state index contributed by atoms with van der Waals surface area (Å²) in [7, 11) is -2.01. The molecule has 0 aliphatic carbocycles. The summed E-state index contributed by atoms with van der Waals surface area (Å²) < 4.78 is 28.0. The third-order valence-electron chi connectivity index (χ3n) is 4.49. The van der Waals surface area contributed by atoms with Gasteiger partial charge in [0.25, 0.3) is 4.90 Å². The van der Waals surface area contributed by atoms with E-state index in [0.29, 0.717) is 22.6 Å². The lowest BCUT2D eigenvalue weighted by molar-refractivity contribution is 0.282. The van der Waals surface area contributed by atoms with Gasteiger partial charge in [-0.2, -0.15) is 14.4 Å². The highest BCUT2D eigenvalue weighted by molar-refractivity contribution is 7.99. The van der Waals surface area contributed by atoms with Crippen molar-refractivity contribution < 1.29 is 13.9 Å². The van der Waals surface area contributed by atoms with Gasteiger partial charge in [0.15, 0.2) is 0 Å². The molecular formula is C19H20Cl2N3O3S+. The van der Waals surface area contributed by atoms with Crippen LogP contribution in [0.5, 0.6) is 0 Å². The van der Waals surface area contributed by atoms with E-state index in [2.05, 4.69) is 9.82 Å². The summed E-state index contributed by atoms with van der Waals surface area (Å²) in [5.41, 5.74) is 4.07. The average molecular weight is 441 g/mol. The van der Waals surface area contributed by atoms with Crippen LogP contribution in [0, 0.1) is 13.8 Å². The van der Waals surface area contributed by atoms with E-state index in [1.165, 1.54) is 0 Å². The Morgan fingerprint density at radius 3 is 2.14 bits per heavy atom. The maximum atomic E-state index is 13.1. The van der Waals surface area contributed by atoms with E-state index in [1.54, 1.807) is 49.8 Å². The third-order valence-corrected chi connectivity index (χ3v) is 6.79. The molecule has 0 saturated carbocycles. The van der Waals surface area contributed by atoms with Gasteiger partial charge >= 0.3 is 10.4 Å². The second kappa shape index (κ2) is 7.85. The Morgan fingerprint density at radius 1 is 1.11 bits per heavy atom. The predicted octanol–water partition coefficient (Wildman–Crippen LogP) is 4.86. The van der Waals surface area contributed by atoms with Crippen LogP contribution in [0.25, 0.3) is 11.1 Å². The molecule has 2 aromatic carbocycles. The van der Waals surface area contributed by atoms with E-state index in [1.807, 2.05) is 12.1 Å². The lowest BCUT2D eigenvalue weighted by atomic mass is 10.0. The fraction of sp³-hybridized carbons (Fsp3) is 0.211. The van der Waals surface area contributed by atoms with Gasteiger partial charge in [0.2, 0.25) is 0 Å². The van der Waals surface area contributed by atoms with Crippen molar-refractivity contribution in [2.45, 2.75) is 25.3 Å². The maximum Gasteiger partial charge on any atom is 0.349 e. The number of hydrogen-bond acceptors (Lipinski definition) is 3. The number of hydrogen-bond donors (Lipinski definition) is 3. The molecule has 0 fully saturated rings. The topological polar surface area (TPSA) is 87.4 Å². The number of benzene rings is 2. The minimum absolute atomic E-state index is 0.0495. The van der Waals surface area contributed by atoms with Gasteiger partial charge in [-0.15, -0.1) is 0 Å². The van der Waals surface area contributed by atoms with Crippen molar-refractivity contribution in [2.75, 3.05) is 4.72 Å². The first kappa shape index (κ1) is 20.8. The van der Waals surface area contributed by atoms with Gasteiger partial charge in [0, 0.05) is 7.05 Å². The monoisotopic (exact) mass is 440 g/mol. The number of aromatic nitrogens is 2. The van der Waals surface area contributed by atoms with Crippen LogP contribution in [0.2, 0.25) is 10.0 Å². The Hall–Kier alpha value is -1.90. The first-order chi connectivity index (χ1) is 13.1. The Kier molecular flexibility index (Phi) is 5.84. The molecule has 0 bridgehead atoms. The maximum absolute atomic E-state index is 13.1. The Labute approximate surface area is 174 Å². The molecule has 3 N–H and O–H groups in total. The molecule has 9 heteroatoms. The highest BCUT2D eigenvalue weighted by atomic mass is 35.5. The van der Waals surface area contributed by atoms with Gasteiger partial charge in [-0.3, -0.25) is 4.68 Å². The highest BCUT2D eigenvalue weighted by Crippen LogP contribution is 2.38. The van der Waals surface area contributed by atoms with Gasteiger partial charge in [0.1, 0.15) is 15.7 Å². The molecule has 28 heavy (non-hydrogen) atoms. The molecule has 1 aromatic heterocycles. The molecule has 0 saturated heterocycles. The second-order valence-electron chi connectivity index (χ2n) is 6.42. The normalized spacial score (nSPS) is 13.4. The van der Waals surface area contributed by atoms with Crippen LogP contribution in [-0.4, -0.2) is 19.4 Å². The molecule has 3 aromatic rings. The number of nitrogens with zero attached hydrogens (tertiary/aromatic N) is 2. The van der Waals surface area contributed by atoms with E-state index in [4.69, 9.17) is 28.3 Å². The van der Waals surface area contributed by atoms with Gasteiger partial charge in [-0.1, -0.05) is 47.5 Å². The number of nitrogens with one attached hydrogen (secondary N) is 1. The zero-order chi connectivity index (χ0) is 20.6. The molecule has 1 atom stereocenters. The van der Waals surface area contributed by atoms with E-state index in [-0.39, 0.29) is 21.5 Å². The van der Waals surface area contributed by atoms with Crippen molar-refractivity contribution in [3.63, 3.8) is 0 Å². The van der Waals surface area contributed by atoms with Crippen LogP contribution >= 0.6 is 23.2 Å². The fourth-order valence-corrected chi connectivity index (χ4v) is 5.34. The van der Waals surface area contributed by atoms with E-state index in [0.717, 1.165) is 11.1 Å². The quantitative estimate of drug-likeness (QED) is 0.494. The van der Waals surface area contributed by atoms with Crippen LogP contribution in [0.4, 0.5) is 5.69 Å². The van der Waals surface area contributed by atoms with Crippen molar-refractivity contribution in [3.05, 3.63) is 63.4 Å². The molecule has 1 heterocycles. The van der Waals surface area contributed by atoms with Crippen molar-refractivity contribution in [3.8, 4) is 11.1 Å². The van der Waals surface area contributed by atoms with Crippen LogP contribution in [0.1, 0.15) is 17.0 Å². The second-order valence-corrected chi connectivity index (χ2v) is 8.90. The number of aliphatic hydroxyl groups is 1. The summed E-state index contributed by atoms with van der Waals surface area (Å²) in [6.07, 6.45) is 0. The molecule has 0 aliphatic rings. The molecular weight excluding hydrogens is 421 g/mol. The van der Waals surface area contributed by atoms with Crippen molar-refractivity contribution >= 4 is 39.3 Å². The van der Waals surface area contributed by atoms with Crippen molar-refractivity contribution in [1.29, 1.82) is 0 Å². The Balaban J connectivity index is 2.00. The summed E-state index contributed by atoms with van der Waals surface area (Å²) in [5, 5.41) is 13.5. The number of anilines is 1. The number of aliphatic hydroxyl groups excluding tert-OH is 1. The SMILES string of the molecule is Cc1nn(C)c(C)c1N[S+](=O)(O)c1c(Cl)cc(-c2ccc(CO)cc2)cc1Cl. The zero-order valence-electron chi connectivity index (χ0n) is 15.5. The van der Waals surface area contributed by atoms with E-state index in [9.17, 15) is 8.76 Å². The first-order valence-corrected chi connectivity index (χ1v) is 10.6. The van der Waals surface area contributed by atoms with Crippen LogP contribution in [0.15, 0.2) is 41.3 Å². The van der Waals surface area contributed by atoms with Crippen LogP contribution in [0.3, 0.4) is 0 Å². The van der Waals surface area contributed by atoms with Crippen LogP contribution in [-0.2, 0) is 28.3 Å². The largest absolute Gasteiger partial charge is 0.392 e. The average Bonchev–Trinajstić information content (AvgIpc) is 2.86. The van der Waals surface area contributed by atoms with Gasteiger partial charge < -0.3 is 5.11 Å². The first-order valence-electron chi connectivity index (χ1n) is 8.38. The van der Waals surface area contributed by atoms with Crippen molar-refractivity contribution in [1.82, 2.24) is 9.78 Å². The van der Waals surface area contributed by atoms with Gasteiger partial charge in [-0.05, 0) is 46.9 Å². The lowest BCUT2D eigenvalue weighted by Gasteiger charge is -2.12. The molecule has 0 spiro atoms. The molecule has 3 rings (SSSR count). The molecule has 0 amide bonds. The third kappa shape index (κ3) is 3.94. The van der Waals surface area contributed by atoms with E-state index >= 15 is 0 Å². The summed E-state index contributed by atoms with van der Waals surface area (Å²) >= 11 is 12.7. The van der Waals surface area contributed by atoms with Crippen molar-refractivity contribution in [2.24, 2.45) is 7.05 Å². The fourth-order valence-electron chi connectivity index (χ4n) is 2.90. The highest BCUT2D eigenvalue weighted by Gasteiger charge is 2.37. The number of halogens is 2. The predicted molar refractivity (Wildman–Crippen MR) is 113 cm³/mol. The van der Waals surface area contributed by atoms with E-state index < -0.39 is 10.4 Å². The summed E-state index contributed by atoms with van der Waals surface area (Å²) in [6, 6.07) is 10.4. The number of aryl methyl sites for hydroxylation is 2. The molecule has 0 aliphatic heterocycles.